The zero-order chi connectivity index (χ0) is 14.5. The summed E-state index contributed by atoms with van der Waals surface area (Å²) in [4.78, 5) is 26.2. The molecule has 1 amide bonds. The molecule has 1 aliphatic heterocycles. The van der Waals surface area contributed by atoms with Crippen LogP contribution >= 0.6 is 0 Å². The van der Waals surface area contributed by atoms with Crippen molar-refractivity contribution in [3.05, 3.63) is 24.0 Å². The number of likely N-dealkylation sites (tertiary alicyclic amines) is 1. The molecule has 1 atom stereocenters. The van der Waals surface area contributed by atoms with E-state index in [1.165, 1.54) is 0 Å². The Balaban J connectivity index is 2.15. The Kier molecular flexibility index (Phi) is 4.82. The minimum Gasteiger partial charge on any atom is -0.464 e. The van der Waals surface area contributed by atoms with Gasteiger partial charge in [-0.3, -0.25) is 4.79 Å². The Hall–Kier alpha value is -1.78. The average Bonchev–Trinajstić information content (AvgIpc) is 3.07. The first-order valence-electron chi connectivity index (χ1n) is 7.31. The predicted octanol–water partition coefficient (Wildman–Crippen LogP) is 2.07. The molecule has 110 valence electrons. The van der Waals surface area contributed by atoms with Gasteiger partial charge in [0.25, 0.3) is 5.91 Å². The molecule has 5 nitrogen and oxygen atoms in total. The minimum absolute atomic E-state index is 0.0704. The highest BCUT2D eigenvalue weighted by Crippen LogP contribution is 2.21. The van der Waals surface area contributed by atoms with Gasteiger partial charge in [0.15, 0.2) is 0 Å². The van der Waals surface area contributed by atoms with Gasteiger partial charge in [0.2, 0.25) is 0 Å². The van der Waals surface area contributed by atoms with E-state index >= 15 is 0 Å². The summed E-state index contributed by atoms with van der Waals surface area (Å²) in [6, 6.07) is 3.27. The third-order valence-electron chi connectivity index (χ3n) is 3.59. The third-order valence-corrected chi connectivity index (χ3v) is 3.59. The van der Waals surface area contributed by atoms with Crippen LogP contribution in [0.25, 0.3) is 0 Å². The fourth-order valence-electron chi connectivity index (χ4n) is 2.68. The molecule has 0 spiro atoms. The summed E-state index contributed by atoms with van der Waals surface area (Å²) in [5.41, 5.74) is 0.656. The maximum absolute atomic E-state index is 12.6. The van der Waals surface area contributed by atoms with Crippen LogP contribution in [0, 0.1) is 0 Å². The number of carbonyl (C=O) groups excluding carboxylic acids is 2. The Labute approximate surface area is 119 Å². The number of nitrogens with zero attached hydrogens (tertiary/aromatic N) is 2. The molecule has 1 aromatic rings. The molecule has 0 radical (unpaired) electrons. The molecular weight excluding hydrogens is 256 g/mol. The van der Waals surface area contributed by atoms with E-state index < -0.39 is 6.04 Å². The van der Waals surface area contributed by atoms with E-state index in [9.17, 15) is 9.59 Å². The van der Waals surface area contributed by atoms with Crippen LogP contribution in [0.15, 0.2) is 18.3 Å². The van der Waals surface area contributed by atoms with Crippen LogP contribution in [-0.2, 0) is 16.1 Å². The zero-order valence-corrected chi connectivity index (χ0v) is 12.2. The van der Waals surface area contributed by atoms with E-state index in [-0.39, 0.29) is 11.9 Å². The summed E-state index contributed by atoms with van der Waals surface area (Å²) in [5.74, 6) is -0.356. The van der Waals surface area contributed by atoms with Crippen LogP contribution in [0.3, 0.4) is 0 Å². The fourth-order valence-corrected chi connectivity index (χ4v) is 2.68. The smallest absolute Gasteiger partial charge is 0.328 e. The van der Waals surface area contributed by atoms with Crippen molar-refractivity contribution in [2.45, 2.75) is 45.7 Å². The molecule has 1 aromatic heterocycles. The normalized spacial score (nSPS) is 18.3. The first kappa shape index (κ1) is 14.6. The second kappa shape index (κ2) is 6.59. The minimum atomic E-state index is -0.424. The molecule has 0 saturated carbocycles. The van der Waals surface area contributed by atoms with Crippen molar-refractivity contribution in [1.29, 1.82) is 0 Å². The van der Waals surface area contributed by atoms with Crippen LogP contribution in [0.2, 0.25) is 0 Å². The predicted molar refractivity (Wildman–Crippen MR) is 75.4 cm³/mol. The summed E-state index contributed by atoms with van der Waals surface area (Å²) < 4.78 is 7.01. The van der Waals surface area contributed by atoms with Gasteiger partial charge in [0.1, 0.15) is 11.7 Å². The molecule has 2 rings (SSSR count). The summed E-state index contributed by atoms with van der Waals surface area (Å²) in [6.07, 6.45) is 4.42. The van der Waals surface area contributed by atoms with Gasteiger partial charge in [-0.05, 0) is 38.3 Å². The molecule has 5 heteroatoms. The quantitative estimate of drug-likeness (QED) is 0.775. The maximum atomic E-state index is 12.6. The van der Waals surface area contributed by atoms with E-state index in [4.69, 9.17) is 4.74 Å². The van der Waals surface area contributed by atoms with E-state index in [0.29, 0.717) is 25.3 Å². The van der Waals surface area contributed by atoms with Crippen LogP contribution in [0.5, 0.6) is 0 Å². The lowest BCUT2D eigenvalue weighted by atomic mass is 10.2. The number of rotatable bonds is 5. The van der Waals surface area contributed by atoms with Gasteiger partial charge in [-0.2, -0.15) is 0 Å². The molecule has 1 unspecified atom stereocenters. The number of amides is 1. The third kappa shape index (κ3) is 2.86. The molecule has 20 heavy (non-hydrogen) atoms. The molecule has 0 bridgehead atoms. The Morgan fingerprint density at radius 3 is 2.90 bits per heavy atom. The van der Waals surface area contributed by atoms with E-state index in [1.807, 2.05) is 22.9 Å². The van der Waals surface area contributed by atoms with Crippen molar-refractivity contribution in [2.75, 3.05) is 13.2 Å². The second-order valence-electron chi connectivity index (χ2n) is 5.00. The lowest BCUT2D eigenvalue weighted by molar-refractivity contribution is -0.147. The summed E-state index contributed by atoms with van der Waals surface area (Å²) in [6.45, 7) is 5.64. The Bertz CT molecular complexity index is 481. The first-order chi connectivity index (χ1) is 9.69. The fraction of sp³-hybridized carbons (Fsp3) is 0.600. The number of ether oxygens (including phenoxy) is 1. The van der Waals surface area contributed by atoms with Crippen LogP contribution < -0.4 is 0 Å². The largest absolute Gasteiger partial charge is 0.464 e. The SMILES string of the molecule is CCCn1cccc1C(=O)N1CCCC1C(=O)OCC. The van der Waals surface area contributed by atoms with E-state index in [0.717, 1.165) is 19.4 Å². The monoisotopic (exact) mass is 278 g/mol. The van der Waals surface area contributed by atoms with Crippen molar-refractivity contribution < 1.29 is 14.3 Å². The Morgan fingerprint density at radius 1 is 1.40 bits per heavy atom. The highest BCUT2D eigenvalue weighted by molar-refractivity contribution is 5.96. The van der Waals surface area contributed by atoms with Crippen molar-refractivity contribution >= 4 is 11.9 Å². The van der Waals surface area contributed by atoms with E-state index in [1.54, 1.807) is 11.8 Å². The maximum Gasteiger partial charge on any atom is 0.328 e. The number of aryl methyl sites for hydroxylation is 1. The molecule has 1 fully saturated rings. The lowest BCUT2D eigenvalue weighted by Crippen LogP contribution is -2.42. The molecular formula is C15H22N2O3. The summed E-state index contributed by atoms with van der Waals surface area (Å²) in [7, 11) is 0. The van der Waals surface area contributed by atoms with Crippen molar-refractivity contribution in [2.24, 2.45) is 0 Å². The van der Waals surface area contributed by atoms with Gasteiger partial charge in [0, 0.05) is 19.3 Å². The van der Waals surface area contributed by atoms with Gasteiger partial charge < -0.3 is 14.2 Å². The zero-order valence-electron chi connectivity index (χ0n) is 12.2. The van der Waals surface area contributed by atoms with Crippen LogP contribution in [0.1, 0.15) is 43.6 Å². The molecule has 0 N–H and O–H groups in total. The molecule has 2 heterocycles. The van der Waals surface area contributed by atoms with Gasteiger partial charge in [-0.25, -0.2) is 4.79 Å². The second-order valence-corrected chi connectivity index (χ2v) is 5.00. The lowest BCUT2D eigenvalue weighted by Gasteiger charge is -2.23. The Morgan fingerprint density at radius 2 is 2.20 bits per heavy atom. The van der Waals surface area contributed by atoms with Crippen LogP contribution in [-0.4, -0.2) is 40.5 Å². The van der Waals surface area contributed by atoms with Gasteiger partial charge in [-0.1, -0.05) is 6.92 Å². The standard InChI is InChI=1S/C15H22N2O3/c1-3-9-16-10-5-7-12(16)14(18)17-11-6-8-13(17)15(19)20-4-2/h5,7,10,13H,3-4,6,8-9,11H2,1-2H3. The highest BCUT2D eigenvalue weighted by Gasteiger charge is 2.36. The van der Waals surface area contributed by atoms with Gasteiger partial charge in [0.05, 0.1) is 6.61 Å². The first-order valence-corrected chi connectivity index (χ1v) is 7.31. The van der Waals surface area contributed by atoms with E-state index in [2.05, 4.69) is 6.92 Å². The number of esters is 1. The topological polar surface area (TPSA) is 51.5 Å². The average molecular weight is 278 g/mol. The molecule has 1 saturated heterocycles. The summed E-state index contributed by atoms with van der Waals surface area (Å²) in [5, 5.41) is 0. The van der Waals surface area contributed by atoms with Gasteiger partial charge >= 0.3 is 5.97 Å². The van der Waals surface area contributed by atoms with Crippen LogP contribution in [0.4, 0.5) is 0 Å². The molecule has 0 aliphatic carbocycles. The summed E-state index contributed by atoms with van der Waals surface area (Å²) >= 11 is 0. The van der Waals surface area contributed by atoms with Crippen molar-refractivity contribution in [3.63, 3.8) is 0 Å². The number of hydrogen-bond donors (Lipinski definition) is 0. The number of aromatic nitrogens is 1. The van der Waals surface area contributed by atoms with Crippen molar-refractivity contribution in [3.8, 4) is 0 Å². The molecule has 1 aliphatic rings. The van der Waals surface area contributed by atoms with Crippen molar-refractivity contribution in [1.82, 2.24) is 9.47 Å². The number of hydrogen-bond acceptors (Lipinski definition) is 3. The van der Waals surface area contributed by atoms with Gasteiger partial charge in [-0.15, -0.1) is 0 Å². The number of carbonyl (C=O) groups is 2. The highest BCUT2D eigenvalue weighted by atomic mass is 16.5. The molecule has 0 aromatic carbocycles.